The summed E-state index contributed by atoms with van der Waals surface area (Å²) in [5.41, 5.74) is 3.78. The molecule has 1 rings (SSSR count). The van der Waals surface area contributed by atoms with Crippen LogP contribution in [0, 0.1) is 0 Å². The van der Waals surface area contributed by atoms with E-state index in [1.54, 1.807) is 7.11 Å². The van der Waals surface area contributed by atoms with Gasteiger partial charge in [-0.2, -0.15) is 0 Å². The van der Waals surface area contributed by atoms with E-state index in [1.165, 1.54) is 17.0 Å². The molecular formula is C15H27N3O. The first-order valence-corrected chi connectivity index (χ1v) is 7.33. The number of hydrogen-bond donors (Lipinski definition) is 1. The minimum Gasteiger partial charge on any atom is -0.383 e. The molecule has 0 saturated carbocycles. The minimum atomic E-state index is 0.756. The summed E-state index contributed by atoms with van der Waals surface area (Å²) < 4.78 is 5.03. The molecule has 19 heavy (non-hydrogen) atoms. The van der Waals surface area contributed by atoms with Gasteiger partial charge in [-0.05, 0) is 31.4 Å². The van der Waals surface area contributed by atoms with Gasteiger partial charge in [-0.3, -0.25) is 0 Å². The maximum Gasteiger partial charge on any atom is 0.128 e. The molecule has 1 N–H and O–H groups in total. The maximum absolute atomic E-state index is 5.03. The summed E-state index contributed by atoms with van der Waals surface area (Å²) in [5, 5.41) is 3.39. The van der Waals surface area contributed by atoms with Gasteiger partial charge in [0.05, 0.1) is 6.61 Å². The molecule has 1 heterocycles. The van der Waals surface area contributed by atoms with Crippen LogP contribution in [0.2, 0.25) is 0 Å². The molecule has 0 aromatic carbocycles. The van der Waals surface area contributed by atoms with Crippen LogP contribution in [0.15, 0.2) is 0 Å². The normalized spacial score (nSPS) is 10.9. The number of nitrogens with one attached hydrogen (secondary N) is 1. The minimum absolute atomic E-state index is 0.756. The summed E-state index contributed by atoms with van der Waals surface area (Å²) in [6.07, 6.45) is 3.87. The van der Waals surface area contributed by atoms with Gasteiger partial charge in [-0.1, -0.05) is 20.8 Å². The smallest absolute Gasteiger partial charge is 0.128 e. The molecule has 0 spiro atoms. The number of rotatable bonds is 9. The molecule has 0 atom stereocenters. The lowest BCUT2D eigenvalue weighted by Gasteiger charge is -2.14. The van der Waals surface area contributed by atoms with Crippen LogP contribution >= 0.6 is 0 Å². The first-order chi connectivity index (χ1) is 9.26. The van der Waals surface area contributed by atoms with Crippen LogP contribution in [0.25, 0.3) is 0 Å². The first-order valence-electron chi connectivity index (χ1n) is 7.33. The largest absolute Gasteiger partial charge is 0.383 e. The van der Waals surface area contributed by atoms with Gasteiger partial charge in [0, 0.05) is 31.5 Å². The van der Waals surface area contributed by atoms with Crippen molar-refractivity contribution in [1.29, 1.82) is 0 Å². The quantitative estimate of drug-likeness (QED) is 0.693. The van der Waals surface area contributed by atoms with Crippen molar-refractivity contribution < 1.29 is 4.74 Å². The van der Waals surface area contributed by atoms with E-state index >= 15 is 0 Å². The average Bonchev–Trinajstić information content (AvgIpc) is 2.46. The molecule has 0 unspecified atom stereocenters. The number of nitrogens with zero attached hydrogens (tertiary/aromatic N) is 2. The van der Waals surface area contributed by atoms with Crippen molar-refractivity contribution in [2.45, 2.75) is 46.5 Å². The molecule has 1 aromatic rings. The molecule has 0 aliphatic carbocycles. The fourth-order valence-electron chi connectivity index (χ4n) is 2.18. The molecule has 0 radical (unpaired) electrons. The van der Waals surface area contributed by atoms with Gasteiger partial charge in [-0.15, -0.1) is 0 Å². The number of aryl methyl sites for hydroxylation is 3. The Labute approximate surface area is 117 Å². The Hall–Kier alpha value is -1.00. The Balaban J connectivity index is 2.73. The second kappa shape index (κ2) is 8.99. The molecule has 0 aliphatic rings. The van der Waals surface area contributed by atoms with Crippen molar-refractivity contribution in [3.05, 3.63) is 22.8 Å². The highest BCUT2D eigenvalue weighted by Gasteiger charge is 2.11. The zero-order chi connectivity index (χ0) is 14.1. The van der Waals surface area contributed by atoms with Gasteiger partial charge in [-0.25, -0.2) is 9.97 Å². The Bertz CT molecular complexity index is 355. The monoisotopic (exact) mass is 265 g/mol. The van der Waals surface area contributed by atoms with E-state index in [2.05, 4.69) is 36.1 Å². The Morgan fingerprint density at radius 3 is 2.05 bits per heavy atom. The van der Waals surface area contributed by atoms with Gasteiger partial charge in [0.2, 0.25) is 0 Å². The maximum atomic E-state index is 5.03. The molecule has 0 aliphatic heterocycles. The van der Waals surface area contributed by atoms with E-state index in [-0.39, 0.29) is 0 Å². The van der Waals surface area contributed by atoms with Gasteiger partial charge < -0.3 is 10.1 Å². The lowest BCUT2D eigenvalue weighted by atomic mass is 10.0. The summed E-state index contributed by atoms with van der Waals surface area (Å²) in [5.74, 6) is 0.977. The van der Waals surface area contributed by atoms with Crippen LogP contribution in [-0.4, -0.2) is 36.8 Å². The van der Waals surface area contributed by atoms with Crippen LogP contribution in [-0.2, 0) is 30.4 Å². The SMILES string of the molecule is CCc1nc(CC)c(CCNCCOC)c(CC)n1. The van der Waals surface area contributed by atoms with E-state index < -0.39 is 0 Å². The summed E-state index contributed by atoms with van der Waals surface area (Å²) in [7, 11) is 1.73. The molecule has 4 heteroatoms. The second-order valence-electron chi connectivity index (χ2n) is 4.57. The second-order valence-corrected chi connectivity index (χ2v) is 4.57. The Kier molecular flexibility index (Phi) is 7.60. The van der Waals surface area contributed by atoms with E-state index in [9.17, 15) is 0 Å². The average molecular weight is 265 g/mol. The van der Waals surface area contributed by atoms with Crippen molar-refractivity contribution in [2.75, 3.05) is 26.8 Å². The lowest BCUT2D eigenvalue weighted by molar-refractivity contribution is 0.199. The molecule has 0 fully saturated rings. The molecule has 4 nitrogen and oxygen atoms in total. The molecule has 0 saturated heterocycles. The van der Waals surface area contributed by atoms with Crippen LogP contribution in [0.5, 0.6) is 0 Å². The number of aromatic nitrogens is 2. The molecular weight excluding hydrogens is 238 g/mol. The third-order valence-corrected chi connectivity index (χ3v) is 3.25. The highest BCUT2D eigenvalue weighted by Crippen LogP contribution is 2.14. The fraction of sp³-hybridized carbons (Fsp3) is 0.733. The number of ether oxygens (including phenoxy) is 1. The highest BCUT2D eigenvalue weighted by molar-refractivity contribution is 5.27. The standard InChI is InChI=1S/C15H27N3O/c1-5-13-12(8-9-16-10-11-19-4)14(6-2)18-15(7-3)17-13/h16H,5-11H2,1-4H3. The number of methoxy groups -OCH3 is 1. The topological polar surface area (TPSA) is 47.0 Å². The zero-order valence-electron chi connectivity index (χ0n) is 12.8. The Morgan fingerprint density at radius 2 is 1.58 bits per heavy atom. The predicted octanol–water partition coefficient (Wildman–Crippen LogP) is 1.94. The highest BCUT2D eigenvalue weighted by atomic mass is 16.5. The van der Waals surface area contributed by atoms with E-state index in [0.717, 1.165) is 51.2 Å². The zero-order valence-corrected chi connectivity index (χ0v) is 12.8. The molecule has 1 aromatic heterocycles. The number of hydrogen-bond acceptors (Lipinski definition) is 4. The summed E-state index contributed by atoms with van der Waals surface area (Å²) in [6.45, 7) is 9.06. The molecule has 108 valence electrons. The van der Waals surface area contributed by atoms with Crippen molar-refractivity contribution >= 4 is 0 Å². The van der Waals surface area contributed by atoms with Crippen molar-refractivity contribution in [1.82, 2.24) is 15.3 Å². The van der Waals surface area contributed by atoms with Crippen LogP contribution in [0.1, 0.15) is 43.5 Å². The van der Waals surface area contributed by atoms with E-state index in [0.29, 0.717) is 0 Å². The summed E-state index contributed by atoms with van der Waals surface area (Å²) in [4.78, 5) is 9.34. The van der Waals surface area contributed by atoms with E-state index in [1.807, 2.05) is 0 Å². The van der Waals surface area contributed by atoms with Crippen molar-refractivity contribution in [3.8, 4) is 0 Å². The molecule has 0 amide bonds. The van der Waals surface area contributed by atoms with Gasteiger partial charge in [0.25, 0.3) is 0 Å². The van der Waals surface area contributed by atoms with E-state index in [4.69, 9.17) is 4.74 Å². The third kappa shape index (κ3) is 4.88. The van der Waals surface area contributed by atoms with Crippen LogP contribution < -0.4 is 5.32 Å². The fourth-order valence-corrected chi connectivity index (χ4v) is 2.18. The predicted molar refractivity (Wildman–Crippen MR) is 78.6 cm³/mol. The van der Waals surface area contributed by atoms with Crippen molar-refractivity contribution in [2.24, 2.45) is 0 Å². The van der Waals surface area contributed by atoms with Crippen LogP contribution in [0.3, 0.4) is 0 Å². The lowest BCUT2D eigenvalue weighted by Crippen LogP contribution is -2.23. The summed E-state index contributed by atoms with van der Waals surface area (Å²) in [6, 6.07) is 0. The third-order valence-electron chi connectivity index (χ3n) is 3.25. The summed E-state index contributed by atoms with van der Waals surface area (Å²) >= 11 is 0. The van der Waals surface area contributed by atoms with Gasteiger partial charge in [0.1, 0.15) is 5.82 Å². The molecule has 0 bridgehead atoms. The van der Waals surface area contributed by atoms with Crippen molar-refractivity contribution in [3.63, 3.8) is 0 Å². The van der Waals surface area contributed by atoms with Gasteiger partial charge in [0.15, 0.2) is 0 Å². The van der Waals surface area contributed by atoms with Gasteiger partial charge >= 0.3 is 0 Å². The Morgan fingerprint density at radius 1 is 0.947 bits per heavy atom. The van der Waals surface area contributed by atoms with Crippen LogP contribution in [0.4, 0.5) is 0 Å². The first kappa shape index (κ1) is 16.1.